The lowest BCUT2D eigenvalue weighted by atomic mass is 10.1. The summed E-state index contributed by atoms with van der Waals surface area (Å²) in [7, 11) is 0. The molecule has 8 nitrogen and oxygen atoms in total. The monoisotopic (exact) mass is 417 g/mol. The van der Waals surface area contributed by atoms with E-state index < -0.39 is 4.92 Å². The normalized spacial score (nSPS) is 10.9. The summed E-state index contributed by atoms with van der Waals surface area (Å²) in [5, 5.41) is 29.5. The van der Waals surface area contributed by atoms with Gasteiger partial charge in [0.1, 0.15) is 0 Å². The van der Waals surface area contributed by atoms with Crippen LogP contribution in [0.5, 0.6) is 0 Å². The zero-order chi connectivity index (χ0) is 22.1. The molecule has 0 fully saturated rings. The average molecular weight is 418 g/mol. The number of aromatic nitrogens is 1. The number of non-ortho nitro benzene ring substituents is 1. The molecule has 0 aliphatic rings. The third-order valence-electron chi connectivity index (χ3n) is 5.23. The number of nitrogens with zero attached hydrogens (tertiary/aromatic N) is 3. The van der Waals surface area contributed by atoms with Crippen molar-refractivity contribution < 1.29 is 19.9 Å². The van der Waals surface area contributed by atoms with Crippen molar-refractivity contribution in [3.63, 3.8) is 0 Å². The van der Waals surface area contributed by atoms with Crippen molar-refractivity contribution >= 4 is 11.6 Å². The average Bonchev–Trinajstić information content (AvgIpc) is 3.07. The Morgan fingerprint density at radius 3 is 2.27 bits per heavy atom. The van der Waals surface area contributed by atoms with Gasteiger partial charge in [-0.1, -0.05) is 26.2 Å². The van der Waals surface area contributed by atoms with Gasteiger partial charge in [0.25, 0.3) is 11.6 Å². The van der Waals surface area contributed by atoms with Crippen LogP contribution in [0.2, 0.25) is 0 Å². The molecule has 0 aliphatic heterocycles. The molecule has 2 rings (SSSR count). The van der Waals surface area contributed by atoms with E-state index in [9.17, 15) is 25.1 Å². The van der Waals surface area contributed by atoms with Gasteiger partial charge in [0, 0.05) is 43.2 Å². The number of hydrogen-bond donors (Lipinski definition) is 2. The highest BCUT2D eigenvalue weighted by Gasteiger charge is 2.23. The van der Waals surface area contributed by atoms with Crippen LogP contribution in [0, 0.1) is 17.0 Å². The van der Waals surface area contributed by atoms with Crippen LogP contribution in [-0.4, -0.2) is 56.8 Å². The fraction of sp³-hybridized carbons (Fsp3) is 0.500. The first-order valence-corrected chi connectivity index (χ1v) is 10.4. The van der Waals surface area contributed by atoms with E-state index in [4.69, 9.17) is 0 Å². The number of nitro benzene ring substituents is 1. The second-order valence-electron chi connectivity index (χ2n) is 7.28. The zero-order valence-electron chi connectivity index (χ0n) is 17.7. The molecule has 0 bridgehead atoms. The van der Waals surface area contributed by atoms with E-state index >= 15 is 0 Å². The first kappa shape index (κ1) is 23.6. The van der Waals surface area contributed by atoms with E-state index in [0.717, 1.165) is 49.2 Å². The number of carbonyl (C=O) groups excluding carboxylic acids is 1. The Balaban J connectivity index is 2.44. The number of aliphatic hydroxyl groups excluding tert-OH is 2. The van der Waals surface area contributed by atoms with Crippen molar-refractivity contribution in [3.8, 4) is 11.3 Å². The number of benzene rings is 1. The molecule has 30 heavy (non-hydrogen) atoms. The highest BCUT2D eigenvalue weighted by molar-refractivity contribution is 5.97. The van der Waals surface area contributed by atoms with Crippen molar-refractivity contribution in [2.75, 3.05) is 26.3 Å². The maximum atomic E-state index is 13.1. The molecule has 1 aromatic carbocycles. The van der Waals surface area contributed by atoms with E-state index in [2.05, 4.69) is 11.5 Å². The summed E-state index contributed by atoms with van der Waals surface area (Å²) in [6, 6.07) is 8.13. The van der Waals surface area contributed by atoms with Gasteiger partial charge in [-0.15, -0.1) is 0 Å². The third-order valence-corrected chi connectivity index (χ3v) is 5.23. The van der Waals surface area contributed by atoms with Crippen molar-refractivity contribution in [1.29, 1.82) is 0 Å². The molecule has 0 atom stereocenters. The number of hydrogen-bond acceptors (Lipinski definition) is 5. The van der Waals surface area contributed by atoms with Gasteiger partial charge in [0.05, 0.1) is 23.7 Å². The Bertz CT molecular complexity index is 839. The fourth-order valence-electron chi connectivity index (χ4n) is 3.57. The van der Waals surface area contributed by atoms with Crippen LogP contribution >= 0.6 is 0 Å². The van der Waals surface area contributed by atoms with E-state index in [0.29, 0.717) is 5.56 Å². The van der Waals surface area contributed by atoms with Gasteiger partial charge in [0.2, 0.25) is 0 Å². The van der Waals surface area contributed by atoms with Crippen molar-refractivity contribution in [2.45, 2.75) is 46.1 Å². The van der Waals surface area contributed by atoms with Crippen molar-refractivity contribution in [2.24, 2.45) is 0 Å². The van der Waals surface area contributed by atoms with E-state index in [1.807, 2.05) is 6.92 Å². The van der Waals surface area contributed by atoms with Crippen LogP contribution < -0.4 is 0 Å². The Morgan fingerprint density at radius 2 is 1.73 bits per heavy atom. The summed E-state index contributed by atoms with van der Waals surface area (Å²) in [6.07, 6.45) is 4.31. The van der Waals surface area contributed by atoms with Crippen LogP contribution in [0.25, 0.3) is 11.3 Å². The summed E-state index contributed by atoms with van der Waals surface area (Å²) in [4.78, 5) is 25.0. The summed E-state index contributed by atoms with van der Waals surface area (Å²) >= 11 is 0. The lowest BCUT2D eigenvalue weighted by Crippen LogP contribution is -2.36. The Hall–Kier alpha value is -2.71. The van der Waals surface area contributed by atoms with Crippen LogP contribution in [0.15, 0.2) is 30.3 Å². The highest BCUT2D eigenvalue weighted by atomic mass is 16.6. The molecule has 0 spiro atoms. The molecule has 0 radical (unpaired) electrons. The highest BCUT2D eigenvalue weighted by Crippen LogP contribution is 2.29. The molecule has 8 heteroatoms. The number of carbonyl (C=O) groups is 1. The number of aliphatic hydroxyl groups is 2. The SMILES string of the molecule is CCCCCCn1c(-c2ccc([N+](=O)[O-])cc2)cc(C(=O)N(CCO)CCO)c1C. The minimum absolute atomic E-state index is 0.0184. The maximum Gasteiger partial charge on any atom is 0.269 e. The summed E-state index contributed by atoms with van der Waals surface area (Å²) in [5.41, 5.74) is 2.97. The van der Waals surface area contributed by atoms with Gasteiger partial charge in [-0.3, -0.25) is 14.9 Å². The van der Waals surface area contributed by atoms with Crippen LogP contribution in [0.4, 0.5) is 5.69 Å². The molecular formula is C22H31N3O5. The first-order chi connectivity index (χ1) is 14.4. The van der Waals surface area contributed by atoms with E-state index in [1.165, 1.54) is 17.0 Å². The second kappa shape index (κ2) is 11.5. The van der Waals surface area contributed by atoms with Gasteiger partial charge in [-0.2, -0.15) is 0 Å². The van der Waals surface area contributed by atoms with Crippen LogP contribution in [0.1, 0.15) is 48.7 Å². The third kappa shape index (κ3) is 5.67. The van der Waals surface area contributed by atoms with Crippen molar-refractivity contribution in [3.05, 3.63) is 51.7 Å². The molecule has 0 aliphatic carbocycles. The molecule has 1 heterocycles. The number of amides is 1. The maximum absolute atomic E-state index is 13.1. The molecular weight excluding hydrogens is 386 g/mol. The molecule has 164 valence electrons. The van der Waals surface area contributed by atoms with E-state index in [1.54, 1.807) is 18.2 Å². The van der Waals surface area contributed by atoms with Crippen LogP contribution in [0.3, 0.4) is 0 Å². The Kier molecular flexibility index (Phi) is 9.01. The zero-order valence-corrected chi connectivity index (χ0v) is 17.7. The molecule has 0 saturated carbocycles. The molecule has 2 aromatic rings. The van der Waals surface area contributed by atoms with Gasteiger partial charge in [0.15, 0.2) is 0 Å². The van der Waals surface area contributed by atoms with Crippen molar-refractivity contribution in [1.82, 2.24) is 9.47 Å². The second-order valence-corrected chi connectivity index (χ2v) is 7.28. The number of rotatable bonds is 12. The molecule has 0 unspecified atom stereocenters. The smallest absolute Gasteiger partial charge is 0.269 e. The largest absolute Gasteiger partial charge is 0.395 e. The standard InChI is InChI=1S/C22H31N3O5/c1-3-4-5-6-11-24-17(2)20(22(28)23(12-14-26)13-15-27)16-21(24)18-7-9-19(10-8-18)25(29)30/h7-10,16,26-27H,3-6,11-15H2,1-2H3. The quantitative estimate of drug-likeness (QED) is 0.313. The minimum Gasteiger partial charge on any atom is -0.395 e. The Labute approximate surface area is 176 Å². The van der Waals surface area contributed by atoms with E-state index in [-0.39, 0.29) is 37.9 Å². The minimum atomic E-state index is -0.435. The Morgan fingerprint density at radius 1 is 1.10 bits per heavy atom. The summed E-state index contributed by atoms with van der Waals surface area (Å²) < 4.78 is 2.08. The number of unbranched alkanes of at least 4 members (excludes halogenated alkanes) is 3. The predicted molar refractivity (Wildman–Crippen MR) is 115 cm³/mol. The van der Waals surface area contributed by atoms with Gasteiger partial charge in [-0.25, -0.2) is 0 Å². The molecule has 1 amide bonds. The predicted octanol–water partition coefficient (Wildman–Crippen LogP) is 3.38. The first-order valence-electron chi connectivity index (χ1n) is 10.4. The molecule has 1 aromatic heterocycles. The topological polar surface area (TPSA) is 109 Å². The van der Waals surface area contributed by atoms with Gasteiger partial charge >= 0.3 is 0 Å². The summed E-state index contributed by atoms with van der Waals surface area (Å²) in [6.45, 7) is 4.70. The fourth-order valence-corrected chi connectivity index (χ4v) is 3.57. The lowest BCUT2D eigenvalue weighted by Gasteiger charge is -2.20. The van der Waals surface area contributed by atoms with Gasteiger partial charge in [-0.05, 0) is 37.1 Å². The van der Waals surface area contributed by atoms with Gasteiger partial charge < -0.3 is 19.7 Å². The molecule has 0 saturated heterocycles. The lowest BCUT2D eigenvalue weighted by molar-refractivity contribution is -0.384. The molecule has 2 N–H and O–H groups in total. The summed E-state index contributed by atoms with van der Waals surface area (Å²) in [5.74, 6) is -0.244. The number of nitro groups is 1. The van der Waals surface area contributed by atoms with Crippen LogP contribution in [-0.2, 0) is 6.54 Å².